The van der Waals surface area contributed by atoms with Crippen LogP contribution in [0, 0.1) is 22.7 Å². The predicted molar refractivity (Wildman–Crippen MR) is 122 cm³/mol. The second-order valence-electron chi connectivity index (χ2n) is 10.9. The monoisotopic (exact) mass is 379 g/mol. The fourth-order valence-electron chi connectivity index (χ4n) is 6.11. The van der Waals surface area contributed by atoms with Crippen molar-refractivity contribution in [1.29, 1.82) is 0 Å². The van der Waals surface area contributed by atoms with E-state index in [4.69, 9.17) is 0 Å². The molecule has 2 aliphatic carbocycles. The Morgan fingerprint density at radius 3 is 2.11 bits per heavy atom. The van der Waals surface area contributed by atoms with Crippen LogP contribution >= 0.6 is 0 Å². The fourth-order valence-corrected chi connectivity index (χ4v) is 6.11. The Kier molecular flexibility index (Phi) is 6.93. The van der Waals surface area contributed by atoms with E-state index in [0.717, 1.165) is 24.7 Å². The van der Waals surface area contributed by atoms with Crippen LogP contribution < -0.4 is 0 Å². The Balaban J connectivity index is 1.61. The predicted octanol–water partition coefficient (Wildman–Crippen LogP) is 7.01. The molecular formula is C27H41N. The molecule has 1 nitrogen and oxygen atoms in total. The van der Waals surface area contributed by atoms with Crippen molar-refractivity contribution in [3.8, 4) is 11.8 Å². The van der Waals surface area contributed by atoms with Gasteiger partial charge < -0.3 is 0 Å². The molecule has 0 aromatic heterocycles. The number of rotatable bonds is 4. The maximum atomic E-state index is 3.45. The highest BCUT2D eigenvalue weighted by atomic mass is 15.1. The van der Waals surface area contributed by atoms with Crippen molar-refractivity contribution in [2.24, 2.45) is 10.8 Å². The van der Waals surface area contributed by atoms with Gasteiger partial charge in [0, 0.05) is 11.6 Å². The summed E-state index contributed by atoms with van der Waals surface area (Å²) in [5.74, 6) is 7.55. The first-order chi connectivity index (χ1) is 13.3. The van der Waals surface area contributed by atoms with Gasteiger partial charge >= 0.3 is 0 Å². The van der Waals surface area contributed by atoms with Gasteiger partial charge in [0.15, 0.2) is 0 Å². The quantitative estimate of drug-likeness (QED) is 0.508. The van der Waals surface area contributed by atoms with E-state index in [1.54, 1.807) is 0 Å². The van der Waals surface area contributed by atoms with Gasteiger partial charge in [-0.05, 0) is 73.1 Å². The molecule has 0 atom stereocenters. The van der Waals surface area contributed by atoms with Crippen LogP contribution in [0.3, 0.4) is 0 Å². The first-order valence-electron chi connectivity index (χ1n) is 11.6. The van der Waals surface area contributed by atoms with Crippen LogP contribution in [0.25, 0.3) is 0 Å². The summed E-state index contributed by atoms with van der Waals surface area (Å²) in [6, 6.07) is 9.92. The third-order valence-electron chi connectivity index (χ3n) is 6.95. The second-order valence-corrected chi connectivity index (χ2v) is 10.9. The lowest BCUT2D eigenvalue weighted by molar-refractivity contribution is 0.0969. The minimum Gasteiger partial charge on any atom is -0.290 e. The summed E-state index contributed by atoms with van der Waals surface area (Å²) in [6.07, 6.45) is 10.9. The SMILES string of the molecule is CCN(CC#Cc1ccc(C2CC(C)(C)CC(C)(C)C2)cc1)C1CCCCC1. The average molecular weight is 380 g/mol. The van der Waals surface area contributed by atoms with Gasteiger partial charge in [-0.1, -0.05) is 77.9 Å². The highest BCUT2D eigenvalue weighted by Gasteiger charge is 2.38. The van der Waals surface area contributed by atoms with Crippen molar-refractivity contribution in [2.75, 3.05) is 13.1 Å². The molecule has 2 fully saturated rings. The molecule has 2 saturated carbocycles. The Labute approximate surface area is 174 Å². The number of hydrogen-bond acceptors (Lipinski definition) is 1. The van der Waals surface area contributed by atoms with Gasteiger partial charge in [-0.25, -0.2) is 0 Å². The molecule has 1 aromatic rings. The average Bonchev–Trinajstić information content (AvgIpc) is 2.64. The molecule has 2 aliphatic rings. The lowest BCUT2D eigenvalue weighted by atomic mass is 9.60. The van der Waals surface area contributed by atoms with Gasteiger partial charge in [-0.15, -0.1) is 0 Å². The van der Waals surface area contributed by atoms with Crippen LogP contribution in [0.15, 0.2) is 24.3 Å². The Morgan fingerprint density at radius 2 is 1.54 bits per heavy atom. The molecule has 3 rings (SSSR count). The maximum absolute atomic E-state index is 3.45. The van der Waals surface area contributed by atoms with E-state index >= 15 is 0 Å². The van der Waals surface area contributed by atoms with Gasteiger partial charge in [0.25, 0.3) is 0 Å². The normalized spacial score (nSPS) is 22.6. The van der Waals surface area contributed by atoms with Gasteiger partial charge in [0.1, 0.15) is 0 Å². The zero-order valence-corrected chi connectivity index (χ0v) is 19.0. The van der Waals surface area contributed by atoms with Crippen molar-refractivity contribution in [3.05, 3.63) is 35.4 Å². The minimum atomic E-state index is 0.438. The summed E-state index contributed by atoms with van der Waals surface area (Å²) in [5.41, 5.74) is 3.54. The minimum absolute atomic E-state index is 0.438. The van der Waals surface area contributed by atoms with Gasteiger partial charge in [0.2, 0.25) is 0 Å². The molecule has 0 bridgehead atoms. The molecule has 0 radical (unpaired) electrons. The summed E-state index contributed by atoms with van der Waals surface area (Å²) in [6.45, 7) is 14.1. The van der Waals surface area contributed by atoms with Gasteiger partial charge in [-0.3, -0.25) is 4.90 Å². The molecular weight excluding hydrogens is 338 g/mol. The first-order valence-corrected chi connectivity index (χ1v) is 11.6. The summed E-state index contributed by atoms with van der Waals surface area (Å²) < 4.78 is 0. The molecule has 1 aromatic carbocycles. The number of nitrogens with zero attached hydrogens (tertiary/aromatic N) is 1. The number of hydrogen-bond donors (Lipinski definition) is 0. The lowest BCUT2D eigenvalue weighted by Gasteiger charge is -2.45. The van der Waals surface area contributed by atoms with E-state index in [1.807, 2.05) is 0 Å². The third kappa shape index (κ3) is 5.87. The van der Waals surface area contributed by atoms with E-state index in [0.29, 0.717) is 16.7 Å². The molecule has 0 spiro atoms. The van der Waals surface area contributed by atoms with E-state index in [1.165, 1.54) is 56.9 Å². The van der Waals surface area contributed by atoms with E-state index in [2.05, 4.69) is 75.6 Å². The Bertz CT molecular complexity index is 663. The summed E-state index contributed by atoms with van der Waals surface area (Å²) in [4.78, 5) is 2.58. The smallest absolute Gasteiger partial charge is 0.0607 e. The molecule has 0 amide bonds. The van der Waals surface area contributed by atoms with Crippen molar-refractivity contribution >= 4 is 0 Å². The molecule has 0 unspecified atom stereocenters. The van der Waals surface area contributed by atoms with Crippen LogP contribution in [0.4, 0.5) is 0 Å². The highest BCUT2D eigenvalue weighted by Crippen LogP contribution is 2.51. The first kappa shape index (κ1) is 21.4. The summed E-state index contributed by atoms with van der Waals surface area (Å²) in [5, 5.41) is 0. The molecule has 0 heterocycles. The Morgan fingerprint density at radius 1 is 0.929 bits per heavy atom. The van der Waals surface area contributed by atoms with Crippen molar-refractivity contribution < 1.29 is 0 Å². The molecule has 0 aliphatic heterocycles. The second kappa shape index (κ2) is 9.04. The molecule has 154 valence electrons. The Hall–Kier alpha value is -1.26. The largest absolute Gasteiger partial charge is 0.290 e. The molecule has 28 heavy (non-hydrogen) atoms. The molecule has 0 saturated heterocycles. The summed E-state index contributed by atoms with van der Waals surface area (Å²) >= 11 is 0. The van der Waals surface area contributed by atoms with E-state index in [-0.39, 0.29) is 0 Å². The van der Waals surface area contributed by atoms with Crippen LogP contribution in [-0.4, -0.2) is 24.0 Å². The standard InChI is InChI=1S/C27H41N/c1-6-28(25-12-8-7-9-13-25)18-10-11-22-14-16-23(17-15-22)24-19-26(2,3)21-27(4,5)20-24/h14-17,24-25H,6-9,12-13,18-21H2,1-5H3. The molecule has 1 heteroatoms. The maximum Gasteiger partial charge on any atom is 0.0607 e. The van der Waals surface area contributed by atoms with Crippen LogP contribution in [0.2, 0.25) is 0 Å². The van der Waals surface area contributed by atoms with Crippen molar-refractivity contribution in [1.82, 2.24) is 4.90 Å². The fraction of sp³-hybridized carbons (Fsp3) is 0.704. The number of benzene rings is 1. The van der Waals surface area contributed by atoms with E-state index in [9.17, 15) is 0 Å². The molecule has 0 N–H and O–H groups in total. The van der Waals surface area contributed by atoms with Gasteiger partial charge in [0.05, 0.1) is 6.54 Å². The summed E-state index contributed by atoms with van der Waals surface area (Å²) in [7, 11) is 0. The van der Waals surface area contributed by atoms with Crippen molar-refractivity contribution in [3.63, 3.8) is 0 Å². The van der Waals surface area contributed by atoms with Crippen LogP contribution in [0.1, 0.15) is 103 Å². The topological polar surface area (TPSA) is 3.24 Å². The zero-order valence-electron chi connectivity index (χ0n) is 19.0. The van der Waals surface area contributed by atoms with Gasteiger partial charge in [-0.2, -0.15) is 0 Å². The van der Waals surface area contributed by atoms with Crippen molar-refractivity contribution in [2.45, 2.75) is 97.9 Å². The van der Waals surface area contributed by atoms with Crippen LogP contribution in [-0.2, 0) is 0 Å². The lowest BCUT2D eigenvalue weighted by Crippen LogP contribution is -2.36. The third-order valence-corrected chi connectivity index (χ3v) is 6.95. The van der Waals surface area contributed by atoms with Crippen LogP contribution in [0.5, 0.6) is 0 Å². The zero-order chi connectivity index (χ0) is 20.2. The van der Waals surface area contributed by atoms with E-state index < -0.39 is 0 Å². The highest BCUT2D eigenvalue weighted by molar-refractivity contribution is 5.37.